The van der Waals surface area contributed by atoms with Gasteiger partial charge < -0.3 is 72.0 Å². The van der Waals surface area contributed by atoms with Crippen LogP contribution in [0.1, 0.15) is 19.3 Å². The number of amides is 1. The molecular formula is C32H63NO16. The summed E-state index contributed by atoms with van der Waals surface area (Å²) in [5, 5.41) is 11.2. The first-order chi connectivity index (χ1) is 24.2. The largest absolute Gasteiger partial charge is 0.481 e. The lowest BCUT2D eigenvalue weighted by atomic mass is 10.3. The fraction of sp³-hybridized carbons (Fsp3) is 0.938. The van der Waals surface area contributed by atoms with Gasteiger partial charge in [0.15, 0.2) is 0 Å². The van der Waals surface area contributed by atoms with E-state index >= 15 is 0 Å². The van der Waals surface area contributed by atoms with E-state index in [4.69, 9.17) is 66.7 Å². The maximum Gasteiger partial charge on any atom is 0.303 e. The molecule has 2 N–H and O–H groups in total. The van der Waals surface area contributed by atoms with Crippen LogP contribution in [0.15, 0.2) is 0 Å². The van der Waals surface area contributed by atoms with Gasteiger partial charge in [0.25, 0.3) is 0 Å². The third-order valence-corrected chi connectivity index (χ3v) is 5.88. The number of hydrogen-bond acceptors (Lipinski definition) is 15. The molecule has 0 spiro atoms. The normalized spacial score (nSPS) is 11.4. The number of carboxylic acid groups (broad SMARTS) is 1. The van der Waals surface area contributed by atoms with Gasteiger partial charge in [-0.25, -0.2) is 0 Å². The highest BCUT2D eigenvalue weighted by atomic mass is 16.6. The van der Waals surface area contributed by atoms with E-state index in [9.17, 15) is 9.59 Å². The number of rotatable bonds is 43. The molecule has 17 heteroatoms. The van der Waals surface area contributed by atoms with E-state index in [1.54, 1.807) is 7.11 Å². The molecule has 0 radical (unpaired) electrons. The van der Waals surface area contributed by atoms with Gasteiger partial charge in [-0.05, 0) is 6.42 Å². The molecule has 0 bridgehead atoms. The van der Waals surface area contributed by atoms with Crippen molar-refractivity contribution in [2.45, 2.75) is 19.3 Å². The van der Waals surface area contributed by atoms with Crippen molar-refractivity contribution in [2.75, 3.05) is 179 Å². The average Bonchev–Trinajstić information content (AvgIpc) is 3.10. The fourth-order valence-corrected chi connectivity index (χ4v) is 3.37. The SMILES string of the molecule is COCCOCCOCCOCCOCCOCCOCCOCCOCCOCCOCCOCCOCCCNC(=O)CCC(=O)O. The minimum Gasteiger partial charge on any atom is -0.481 e. The number of hydrogen-bond donors (Lipinski definition) is 2. The number of carbonyl (C=O) groups is 2. The van der Waals surface area contributed by atoms with Crippen molar-refractivity contribution >= 4 is 11.9 Å². The topological polar surface area (TPSA) is 186 Å². The third kappa shape index (κ3) is 44.4. The van der Waals surface area contributed by atoms with Gasteiger partial charge in [0.05, 0.1) is 165 Å². The average molecular weight is 718 g/mol. The van der Waals surface area contributed by atoms with Crippen LogP contribution < -0.4 is 5.32 Å². The van der Waals surface area contributed by atoms with Gasteiger partial charge in [-0.2, -0.15) is 0 Å². The van der Waals surface area contributed by atoms with E-state index in [-0.39, 0.29) is 18.7 Å². The lowest BCUT2D eigenvalue weighted by Gasteiger charge is -2.09. The molecule has 1 amide bonds. The molecule has 0 atom stereocenters. The number of aliphatic carboxylic acids is 1. The third-order valence-electron chi connectivity index (χ3n) is 5.88. The van der Waals surface area contributed by atoms with Crippen molar-refractivity contribution in [3.8, 4) is 0 Å². The summed E-state index contributed by atoms with van der Waals surface area (Å²) in [5.74, 6) is -1.25. The van der Waals surface area contributed by atoms with Gasteiger partial charge in [-0.15, -0.1) is 0 Å². The second kappa shape index (κ2) is 42.6. The van der Waals surface area contributed by atoms with E-state index in [0.717, 1.165) is 0 Å². The fourth-order valence-electron chi connectivity index (χ4n) is 3.37. The van der Waals surface area contributed by atoms with Crippen LogP contribution in [0.25, 0.3) is 0 Å². The number of carboxylic acids is 1. The Labute approximate surface area is 291 Å². The van der Waals surface area contributed by atoms with Crippen LogP contribution in [-0.4, -0.2) is 196 Å². The van der Waals surface area contributed by atoms with Crippen LogP contribution in [0.2, 0.25) is 0 Å². The molecule has 0 aromatic carbocycles. The molecule has 0 fully saturated rings. The van der Waals surface area contributed by atoms with Crippen LogP contribution in [0, 0.1) is 0 Å². The van der Waals surface area contributed by atoms with Gasteiger partial charge in [-0.3, -0.25) is 9.59 Å². The van der Waals surface area contributed by atoms with Crippen molar-refractivity contribution in [3.05, 3.63) is 0 Å². The summed E-state index contributed by atoms with van der Waals surface area (Å²) >= 11 is 0. The van der Waals surface area contributed by atoms with Crippen molar-refractivity contribution in [1.82, 2.24) is 5.32 Å². The second-order valence-corrected chi connectivity index (χ2v) is 9.94. The maximum absolute atomic E-state index is 11.4. The van der Waals surface area contributed by atoms with E-state index in [2.05, 4.69) is 5.32 Å². The predicted octanol–water partition coefficient (Wildman–Crippen LogP) is 0.203. The highest BCUT2D eigenvalue weighted by molar-refractivity contribution is 5.80. The summed E-state index contributed by atoms with van der Waals surface area (Å²) in [7, 11) is 1.64. The second-order valence-electron chi connectivity index (χ2n) is 9.94. The molecule has 0 aromatic rings. The van der Waals surface area contributed by atoms with Crippen molar-refractivity contribution in [3.63, 3.8) is 0 Å². The summed E-state index contributed by atoms with van der Waals surface area (Å²) in [6.07, 6.45) is 0.474. The molecular weight excluding hydrogens is 654 g/mol. The first-order valence-electron chi connectivity index (χ1n) is 17.1. The van der Waals surface area contributed by atoms with E-state index in [1.165, 1.54) is 0 Å². The summed E-state index contributed by atoms with van der Waals surface area (Å²) in [6, 6.07) is 0. The van der Waals surface area contributed by atoms with Gasteiger partial charge >= 0.3 is 5.97 Å². The van der Waals surface area contributed by atoms with Crippen LogP contribution in [0.3, 0.4) is 0 Å². The van der Waals surface area contributed by atoms with Crippen LogP contribution in [0.5, 0.6) is 0 Å². The standard InChI is InChI=1S/C32H63NO16/c1-37-7-8-39-11-12-41-15-16-43-19-20-45-23-24-47-27-28-49-30-29-48-26-25-46-22-21-44-18-17-42-14-13-40-10-9-38-6-2-5-33-31(34)3-4-32(35)36/h2-30H2,1H3,(H,33,34)(H,35,36). The van der Waals surface area contributed by atoms with E-state index in [1.807, 2.05) is 0 Å². The van der Waals surface area contributed by atoms with Crippen molar-refractivity contribution < 1.29 is 76.3 Å². The zero-order valence-electron chi connectivity index (χ0n) is 29.6. The lowest BCUT2D eigenvalue weighted by Crippen LogP contribution is -2.25. The van der Waals surface area contributed by atoms with Gasteiger partial charge in [0.1, 0.15) is 0 Å². The molecule has 0 aromatic heterocycles. The molecule has 17 nitrogen and oxygen atoms in total. The Hall–Kier alpha value is -1.58. The monoisotopic (exact) mass is 717 g/mol. The Kier molecular flexibility index (Phi) is 41.2. The molecule has 292 valence electrons. The Morgan fingerprint density at radius 3 is 0.878 bits per heavy atom. The van der Waals surface area contributed by atoms with Crippen LogP contribution >= 0.6 is 0 Å². The quantitative estimate of drug-likeness (QED) is 0.0815. The number of carbonyl (C=O) groups excluding carboxylic acids is 1. The van der Waals surface area contributed by atoms with E-state index < -0.39 is 5.97 Å². The lowest BCUT2D eigenvalue weighted by molar-refractivity contribution is -0.138. The first kappa shape index (κ1) is 47.4. The zero-order valence-corrected chi connectivity index (χ0v) is 29.6. The first-order valence-corrected chi connectivity index (χ1v) is 17.1. The Bertz CT molecular complexity index is 679. The van der Waals surface area contributed by atoms with Crippen molar-refractivity contribution in [2.24, 2.45) is 0 Å². The molecule has 49 heavy (non-hydrogen) atoms. The predicted molar refractivity (Wildman–Crippen MR) is 176 cm³/mol. The van der Waals surface area contributed by atoms with Gasteiger partial charge in [0, 0.05) is 26.7 Å². The summed E-state index contributed by atoms with van der Waals surface area (Å²) in [4.78, 5) is 21.8. The highest BCUT2D eigenvalue weighted by Crippen LogP contribution is 1.90. The number of nitrogens with one attached hydrogen (secondary N) is 1. The van der Waals surface area contributed by atoms with Gasteiger partial charge in [0.2, 0.25) is 5.91 Å². The molecule has 0 aliphatic heterocycles. The number of methoxy groups -OCH3 is 1. The molecule has 0 aliphatic rings. The summed E-state index contributed by atoms with van der Waals surface area (Å²) in [5.41, 5.74) is 0. The summed E-state index contributed by atoms with van der Waals surface area (Å²) in [6.45, 7) is 13.0. The van der Waals surface area contributed by atoms with Gasteiger partial charge in [-0.1, -0.05) is 0 Å². The van der Waals surface area contributed by atoms with E-state index in [0.29, 0.717) is 178 Å². The molecule has 0 heterocycles. The smallest absolute Gasteiger partial charge is 0.303 e. The Morgan fingerprint density at radius 1 is 0.388 bits per heavy atom. The Balaban J connectivity index is 3.08. The Morgan fingerprint density at radius 2 is 0.633 bits per heavy atom. The zero-order chi connectivity index (χ0) is 35.6. The highest BCUT2D eigenvalue weighted by Gasteiger charge is 2.04. The molecule has 0 saturated heterocycles. The molecule has 0 rings (SSSR count). The molecule has 0 saturated carbocycles. The molecule has 0 aliphatic carbocycles. The summed E-state index contributed by atoms with van der Waals surface area (Å²) < 4.78 is 70.1. The minimum atomic E-state index is -0.984. The van der Waals surface area contributed by atoms with Crippen LogP contribution in [0.4, 0.5) is 0 Å². The minimum absolute atomic E-state index is 0.0112. The number of ether oxygens (including phenoxy) is 13. The maximum atomic E-state index is 11.4. The molecule has 0 unspecified atom stereocenters. The van der Waals surface area contributed by atoms with Crippen molar-refractivity contribution in [1.29, 1.82) is 0 Å². The van der Waals surface area contributed by atoms with Crippen LogP contribution in [-0.2, 0) is 71.2 Å².